The van der Waals surface area contributed by atoms with Crippen LogP contribution in [-0.2, 0) is 6.54 Å². The molecule has 0 bridgehead atoms. The summed E-state index contributed by atoms with van der Waals surface area (Å²) >= 11 is 0. The van der Waals surface area contributed by atoms with Crippen LogP contribution in [0.5, 0.6) is 0 Å². The number of hydrogen-bond donors (Lipinski definition) is 1. The molecule has 0 aliphatic rings. The number of furan rings is 1. The molecular formula is C13H23NO2. The first-order valence-electron chi connectivity index (χ1n) is 5.83. The molecule has 0 fully saturated rings. The largest absolute Gasteiger partial charge is 0.469 e. The van der Waals surface area contributed by atoms with E-state index < -0.39 is 0 Å². The SMILES string of the molecule is CCC(C)(CO)CN(C)Cc1ccoc1C. The summed E-state index contributed by atoms with van der Waals surface area (Å²) in [6.45, 7) is 8.22. The van der Waals surface area contributed by atoms with Crippen molar-refractivity contribution < 1.29 is 9.52 Å². The monoisotopic (exact) mass is 225 g/mol. The first-order chi connectivity index (χ1) is 7.50. The maximum atomic E-state index is 9.37. The third-order valence-electron chi connectivity index (χ3n) is 3.29. The maximum absolute atomic E-state index is 9.37. The van der Waals surface area contributed by atoms with Crippen LogP contribution in [0.15, 0.2) is 16.7 Å². The van der Waals surface area contributed by atoms with Crippen molar-refractivity contribution in [1.29, 1.82) is 0 Å². The minimum Gasteiger partial charge on any atom is -0.469 e. The van der Waals surface area contributed by atoms with Crippen LogP contribution < -0.4 is 0 Å². The molecule has 0 amide bonds. The Morgan fingerprint density at radius 1 is 1.50 bits per heavy atom. The minimum absolute atomic E-state index is 0.00755. The molecule has 1 N–H and O–H groups in total. The van der Waals surface area contributed by atoms with Crippen molar-refractivity contribution in [2.24, 2.45) is 5.41 Å². The van der Waals surface area contributed by atoms with Crippen molar-refractivity contribution in [2.45, 2.75) is 33.7 Å². The van der Waals surface area contributed by atoms with Gasteiger partial charge in [-0.15, -0.1) is 0 Å². The Bertz CT molecular complexity index is 315. The molecule has 1 atom stereocenters. The molecule has 1 aromatic rings. The van der Waals surface area contributed by atoms with Crippen LogP contribution in [0.3, 0.4) is 0 Å². The fourth-order valence-electron chi connectivity index (χ4n) is 1.85. The van der Waals surface area contributed by atoms with Crippen LogP contribution in [-0.4, -0.2) is 30.2 Å². The van der Waals surface area contributed by atoms with Gasteiger partial charge in [0.25, 0.3) is 0 Å². The fraction of sp³-hybridized carbons (Fsp3) is 0.692. The fourth-order valence-corrected chi connectivity index (χ4v) is 1.85. The van der Waals surface area contributed by atoms with E-state index in [1.54, 1.807) is 6.26 Å². The number of aliphatic hydroxyl groups is 1. The molecule has 1 unspecified atom stereocenters. The van der Waals surface area contributed by atoms with Crippen LogP contribution in [0.4, 0.5) is 0 Å². The van der Waals surface area contributed by atoms with Gasteiger partial charge < -0.3 is 14.4 Å². The van der Waals surface area contributed by atoms with E-state index in [1.165, 1.54) is 5.56 Å². The average Bonchev–Trinajstić information content (AvgIpc) is 2.64. The lowest BCUT2D eigenvalue weighted by Crippen LogP contribution is -2.35. The van der Waals surface area contributed by atoms with Gasteiger partial charge in [0.15, 0.2) is 0 Å². The highest BCUT2D eigenvalue weighted by Gasteiger charge is 2.23. The van der Waals surface area contributed by atoms with Crippen molar-refractivity contribution in [3.8, 4) is 0 Å². The van der Waals surface area contributed by atoms with Crippen LogP contribution in [0.1, 0.15) is 31.6 Å². The Morgan fingerprint density at radius 3 is 2.62 bits per heavy atom. The van der Waals surface area contributed by atoms with Gasteiger partial charge in [-0.1, -0.05) is 13.8 Å². The summed E-state index contributed by atoms with van der Waals surface area (Å²) in [7, 11) is 2.08. The topological polar surface area (TPSA) is 36.6 Å². The first-order valence-corrected chi connectivity index (χ1v) is 5.83. The van der Waals surface area contributed by atoms with Gasteiger partial charge in [-0.3, -0.25) is 0 Å². The summed E-state index contributed by atoms with van der Waals surface area (Å²) in [6.07, 6.45) is 2.71. The van der Waals surface area contributed by atoms with Crippen molar-refractivity contribution in [3.05, 3.63) is 23.7 Å². The van der Waals surface area contributed by atoms with Gasteiger partial charge in [-0.05, 0) is 26.5 Å². The molecule has 16 heavy (non-hydrogen) atoms. The van der Waals surface area contributed by atoms with E-state index in [1.807, 2.05) is 13.0 Å². The molecule has 0 radical (unpaired) electrons. The normalized spacial score (nSPS) is 15.4. The highest BCUT2D eigenvalue weighted by Crippen LogP contribution is 2.22. The van der Waals surface area contributed by atoms with E-state index in [0.29, 0.717) is 0 Å². The second-order valence-electron chi connectivity index (χ2n) is 5.00. The number of nitrogens with zero attached hydrogens (tertiary/aromatic N) is 1. The molecule has 1 rings (SSSR count). The summed E-state index contributed by atoms with van der Waals surface area (Å²) in [5, 5.41) is 9.37. The Hall–Kier alpha value is -0.800. The van der Waals surface area contributed by atoms with Crippen molar-refractivity contribution in [1.82, 2.24) is 4.90 Å². The third kappa shape index (κ3) is 3.35. The molecule has 92 valence electrons. The Labute approximate surface area is 98.1 Å². The van der Waals surface area contributed by atoms with Crippen LogP contribution in [0.2, 0.25) is 0 Å². The summed E-state index contributed by atoms with van der Waals surface area (Å²) in [5.74, 6) is 0.981. The molecule has 0 spiro atoms. The highest BCUT2D eigenvalue weighted by atomic mass is 16.3. The van der Waals surface area contributed by atoms with E-state index >= 15 is 0 Å². The molecule has 0 saturated heterocycles. The van der Waals surface area contributed by atoms with Crippen LogP contribution in [0.25, 0.3) is 0 Å². The standard InChI is InChI=1S/C13H23NO2/c1-5-13(3,10-15)9-14(4)8-12-6-7-16-11(12)2/h6-7,15H,5,8-10H2,1-4H3. The maximum Gasteiger partial charge on any atom is 0.105 e. The summed E-state index contributed by atoms with van der Waals surface area (Å²) in [5.41, 5.74) is 1.21. The first kappa shape index (κ1) is 13.3. The second-order valence-corrected chi connectivity index (χ2v) is 5.00. The molecule has 0 aliphatic carbocycles. The average molecular weight is 225 g/mol. The smallest absolute Gasteiger partial charge is 0.105 e. The zero-order chi connectivity index (χ0) is 12.2. The predicted octanol–water partition coefficient (Wildman–Crippen LogP) is 2.43. The molecule has 1 heterocycles. The lowest BCUT2D eigenvalue weighted by Gasteiger charge is -2.31. The quantitative estimate of drug-likeness (QED) is 0.808. The van der Waals surface area contributed by atoms with Gasteiger partial charge in [0, 0.05) is 30.7 Å². The van der Waals surface area contributed by atoms with Gasteiger partial charge in [-0.25, -0.2) is 0 Å². The number of rotatable bonds is 6. The minimum atomic E-state index is -0.00755. The summed E-state index contributed by atoms with van der Waals surface area (Å²) in [4.78, 5) is 2.23. The Morgan fingerprint density at radius 2 is 2.19 bits per heavy atom. The van der Waals surface area contributed by atoms with Gasteiger partial charge in [0.1, 0.15) is 5.76 Å². The molecular weight excluding hydrogens is 202 g/mol. The second kappa shape index (κ2) is 5.51. The van der Waals surface area contributed by atoms with Crippen LogP contribution >= 0.6 is 0 Å². The summed E-state index contributed by atoms with van der Waals surface area (Å²) in [6, 6.07) is 2.01. The van der Waals surface area contributed by atoms with Gasteiger partial charge in [0.2, 0.25) is 0 Å². The van der Waals surface area contributed by atoms with E-state index in [4.69, 9.17) is 4.42 Å². The van der Waals surface area contributed by atoms with Crippen molar-refractivity contribution in [2.75, 3.05) is 20.2 Å². The lowest BCUT2D eigenvalue weighted by molar-refractivity contribution is 0.0928. The van der Waals surface area contributed by atoms with Crippen LogP contribution in [0, 0.1) is 12.3 Å². The van der Waals surface area contributed by atoms with E-state index in [9.17, 15) is 5.11 Å². The molecule has 0 aromatic carbocycles. The molecule has 3 heteroatoms. The molecule has 1 aromatic heterocycles. The molecule has 0 aliphatic heterocycles. The van der Waals surface area contributed by atoms with E-state index in [-0.39, 0.29) is 12.0 Å². The number of aliphatic hydroxyl groups excluding tert-OH is 1. The molecule has 3 nitrogen and oxygen atoms in total. The summed E-state index contributed by atoms with van der Waals surface area (Å²) < 4.78 is 5.27. The van der Waals surface area contributed by atoms with Gasteiger partial charge in [-0.2, -0.15) is 0 Å². The predicted molar refractivity (Wildman–Crippen MR) is 65.3 cm³/mol. The number of hydrogen-bond acceptors (Lipinski definition) is 3. The zero-order valence-corrected chi connectivity index (χ0v) is 10.8. The number of aryl methyl sites for hydroxylation is 1. The van der Waals surface area contributed by atoms with Gasteiger partial charge in [0.05, 0.1) is 6.26 Å². The van der Waals surface area contributed by atoms with Gasteiger partial charge >= 0.3 is 0 Å². The van der Waals surface area contributed by atoms with E-state index in [0.717, 1.165) is 25.3 Å². The lowest BCUT2D eigenvalue weighted by atomic mass is 9.88. The Balaban J connectivity index is 2.53. The third-order valence-corrected chi connectivity index (χ3v) is 3.29. The zero-order valence-electron chi connectivity index (χ0n) is 10.8. The highest BCUT2D eigenvalue weighted by molar-refractivity contribution is 5.15. The van der Waals surface area contributed by atoms with Crippen molar-refractivity contribution in [3.63, 3.8) is 0 Å². The van der Waals surface area contributed by atoms with Crippen molar-refractivity contribution >= 4 is 0 Å². The Kier molecular flexibility index (Phi) is 4.56. The van der Waals surface area contributed by atoms with E-state index in [2.05, 4.69) is 25.8 Å². The molecule has 0 saturated carbocycles.